The zero-order valence-corrected chi connectivity index (χ0v) is 6.39. The van der Waals surface area contributed by atoms with Crippen molar-refractivity contribution < 1.29 is 4.39 Å². The van der Waals surface area contributed by atoms with E-state index in [1.54, 1.807) is 6.08 Å². The summed E-state index contributed by atoms with van der Waals surface area (Å²) in [6, 6.07) is 0. The molecule has 0 unspecified atom stereocenters. The normalized spacial score (nSPS) is 15.2. The number of halogens is 1. The maximum absolute atomic E-state index is 11.5. The average Bonchev–Trinajstić information content (AvgIpc) is 1.63. The van der Waals surface area contributed by atoms with E-state index in [2.05, 4.69) is 13.8 Å². The lowest BCUT2D eigenvalue weighted by atomic mass is 9.99. The molecule has 0 saturated carbocycles. The summed E-state index contributed by atoms with van der Waals surface area (Å²) in [6.07, 6.45) is 3.30. The van der Waals surface area contributed by atoms with Gasteiger partial charge in [-0.1, -0.05) is 26.8 Å². The second-order valence-corrected chi connectivity index (χ2v) is 2.93. The largest absolute Gasteiger partial charge is 0.216 e. The Morgan fingerprint density at radius 2 is 1.89 bits per heavy atom. The third-order valence-electron chi connectivity index (χ3n) is 1.24. The summed E-state index contributed by atoms with van der Waals surface area (Å²) < 4.78 is 11.5. The van der Waals surface area contributed by atoms with E-state index in [-0.39, 0.29) is 0 Å². The molecule has 0 aromatic rings. The smallest absolute Gasteiger partial charge is 0.0829 e. The van der Waals surface area contributed by atoms with Gasteiger partial charge >= 0.3 is 0 Å². The van der Waals surface area contributed by atoms with E-state index >= 15 is 0 Å². The first-order valence-electron chi connectivity index (χ1n) is 3.43. The van der Waals surface area contributed by atoms with Gasteiger partial charge in [-0.15, -0.1) is 0 Å². The molecule has 0 aromatic heterocycles. The molecule has 0 nitrogen and oxygen atoms in total. The van der Waals surface area contributed by atoms with Crippen LogP contribution in [0.4, 0.5) is 4.39 Å². The van der Waals surface area contributed by atoms with Crippen molar-refractivity contribution in [3.8, 4) is 0 Å². The minimum absolute atomic E-state index is 0.384. The first-order chi connectivity index (χ1) is 4.16. The van der Waals surface area contributed by atoms with Crippen LogP contribution in [-0.4, -0.2) is 0 Å². The molecule has 0 heterocycles. The number of hydrogen-bond acceptors (Lipinski definition) is 0. The predicted octanol–water partition coefficient (Wildman–Crippen LogP) is 3.15. The molecule has 0 saturated heterocycles. The van der Waals surface area contributed by atoms with Gasteiger partial charge in [0.25, 0.3) is 0 Å². The summed E-state index contributed by atoms with van der Waals surface area (Å²) >= 11 is 0. The molecule has 0 bridgehead atoms. The van der Waals surface area contributed by atoms with Crippen molar-refractivity contribution in [2.45, 2.75) is 27.2 Å². The fourth-order valence-corrected chi connectivity index (χ4v) is 0.946. The monoisotopic (exact) mass is 130 g/mol. The number of rotatable bonds is 3. The van der Waals surface area contributed by atoms with Crippen LogP contribution in [0.2, 0.25) is 0 Å². The van der Waals surface area contributed by atoms with E-state index < -0.39 is 0 Å². The van der Waals surface area contributed by atoms with Crippen molar-refractivity contribution in [1.82, 2.24) is 0 Å². The van der Waals surface area contributed by atoms with Crippen molar-refractivity contribution in [2.75, 3.05) is 0 Å². The molecule has 0 rings (SSSR count). The quantitative estimate of drug-likeness (QED) is 0.550. The van der Waals surface area contributed by atoms with Gasteiger partial charge in [0.15, 0.2) is 0 Å². The van der Waals surface area contributed by atoms with Crippen molar-refractivity contribution in [3.63, 3.8) is 0 Å². The molecule has 0 radical (unpaired) electrons. The van der Waals surface area contributed by atoms with Crippen LogP contribution in [0.25, 0.3) is 0 Å². The Morgan fingerprint density at radius 3 is 2.22 bits per heavy atom. The van der Waals surface area contributed by atoms with E-state index in [0.29, 0.717) is 18.2 Å². The minimum atomic E-state index is 0.384. The molecular weight excluding hydrogens is 115 g/mol. The van der Waals surface area contributed by atoms with Crippen molar-refractivity contribution in [1.29, 1.82) is 0 Å². The second kappa shape index (κ2) is 4.54. The van der Waals surface area contributed by atoms with Crippen molar-refractivity contribution in [2.24, 2.45) is 11.8 Å². The van der Waals surface area contributed by atoms with E-state index in [4.69, 9.17) is 0 Å². The zero-order valence-electron chi connectivity index (χ0n) is 6.39. The van der Waals surface area contributed by atoms with Gasteiger partial charge < -0.3 is 0 Å². The summed E-state index contributed by atoms with van der Waals surface area (Å²) in [6.45, 7) is 6.31. The Bertz CT molecular complexity index is 84.6. The Labute approximate surface area is 56.8 Å². The molecule has 54 valence electrons. The molecule has 0 amide bonds. The van der Waals surface area contributed by atoms with Crippen molar-refractivity contribution >= 4 is 0 Å². The van der Waals surface area contributed by atoms with Gasteiger partial charge in [0.1, 0.15) is 0 Å². The Morgan fingerprint density at radius 1 is 1.33 bits per heavy atom. The predicted molar refractivity (Wildman–Crippen MR) is 38.9 cm³/mol. The van der Waals surface area contributed by atoms with Gasteiger partial charge in [0.05, 0.1) is 6.33 Å². The average molecular weight is 130 g/mol. The Balaban J connectivity index is 3.38. The highest BCUT2D eigenvalue weighted by molar-refractivity contribution is 4.79. The van der Waals surface area contributed by atoms with Gasteiger partial charge in [-0.2, -0.15) is 0 Å². The van der Waals surface area contributed by atoms with Crippen molar-refractivity contribution in [3.05, 3.63) is 12.4 Å². The molecule has 9 heavy (non-hydrogen) atoms. The summed E-state index contributed by atoms with van der Waals surface area (Å²) in [7, 11) is 0. The molecule has 0 aliphatic carbocycles. The SMILES string of the molecule is CC(C)C[C@@H](C)/C=C\F. The third kappa shape index (κ3) is 5.54. The maximum atomic E-state index is 11.5. The summed E-state index contributed by atoms with van der Waals surface area (Å²) in [5.74, 6) is 1.05. The van der Waals surface area contributed by atoms with Crippen LogP contribution < -0.4 is 0 Å². The summed E-state index contributed by atoms with van der Waals surface area (Å²) in [5, 5.41) is 0. The third-order valence-corrected chi connectivity index (χ3v) is 1.24. The summed E-state index contributed by atoms with van der Waals surface area (Å²) in [4.78, 5) is 0. The maximum Gasteiger partial charge on any atom is 0.0829 e. The van der Waals surface area contributed by atoms with E-state index in [1.807, 2.05) is 6.92 Å². The van der Waals surface area contributed by atoms with Crippen LogP contribution >= 0.6 is 0 Å². The van der Waals surface area contributed by atoms with Crippen LogP contribution in [-0.2, 0) is 0 Å². The van der Waals surface area contributed by atoms with Crippen LogP contribution in [0.1, 0.15) is 27.2 Å². The minimum Gasteiger partial charge on any atom is -0.216 e. The first-order valence-corrected chi connectivity index (χ1v) is 3.43. The molecule has 0 N–H and O–H groups in total. The Kier molecular flexibility index (Phi) is 4.37. The topological polar surface area (TPSA) is 0 Å². The van der Waals surface area contributed by atoms with Gasteiger partial charge in [0, 0.05) is 0 Å². The molecule has 0 aliphatic rings. The lowest BCUT2D eigenvalue weighted by molar-refractivity contribution is 0.498. The molecule has 1 atom stereocenters. The fourth-order valence-electron chi connectivity index (χ4n) is 0.946. The fraction of sp³-hybridized carbons (Fsp3) is 0.750. The first kappa shape index (κ1) is 8.67. The highest BCUT2D eigenvalue weighted by atomic mass is 19.1. The molecule has 0 fully saturated rings. The molecule has 0 aromatic carbocycles. The van der Waals surface area contributed by atoms with Crippen LogP contribution in [0, 0.1) is 11.8 Å². The van der Waals surface area contributed by atoms with Gasteiger partial charge in [0.2, 0.25) is 0 Å². The van der Waals surface area contributed by atoms with Gasteiger partial charge in [-0.3, -0.25) is 0 Å². The summed E-state index contributed by atoms with van der Waals surface area (Å²) in [5.41, 5.74) is 0. The zero-order chi connectivity index (χ0) is 7.28. The van der Waals surface area contributed by atoms with Crippen LogP contribution in [0.15, 0.2) is 12.4 Å². The lowest BCUT2D eigenvalue weighted by Crippen LogP contribution is -1.95. The van der Waals surface area contributed by atoms with Crippen LogP contribution in [0.5, 0.6) is 0 Å². The Hall–Kier alpha value is -0.330. The molecule has 0 spiro atoms. The standard InChI is InChI=1S/C8H15F/c1-7(2)6-8(3)4-5-9/h4-5,7-8H,6H2,1-3H3/b5-4-/t8-/m0/s1. The van der Waals surface area contributed by atoms with Crippen LogP contribution in [0.3, 0.4) is 0 Å². The lowest BCUT2D eigenvalue weighted by Gasteiger charge is -2.07. The number of allylic oxidation sites excluding steroid dienone is 1. The van der Waals surface area contributed by atoms with E-state index in [9.17, 15) is 4.39 Å². The van der Waals surface area contributed by atoms with E-state index in [0.717, 1.165) is 6.42 Å². The highest BCUT2D eigenvalue weighted by Crippen LogP contribution is 2.11. The van der Waals surface area contributed by atoms with E-state index in [1.165, 1.54) is 0 Å². The molecule has 0 aliphatic heterocycles. The molecular formula is C8H15F. The second-order valence-electron chi connectivity index (χ2n) is 2.93. The number of hydrogen-bond donors (Lipinski definition) is 0. The van der Waals surface area contributed by atoms with Gasteiger partial charge in [-0.25, -0.2) is 4.39 Å². The highest BCUT2D eigenvalue weighted by Gasteiger charge is 1.99. The van der Waals surface area contributed by atoms with Gasteiger partial charge in [-0.05, 0) is 18.3 Å². The molecule has 1 heteroatoms.